The molecule has 0 saturated carbocycles. The summed E-state index contributed by atoms with van der Waals surface area (Å²) in [6, 6.07) is 3.22. The van der Waals surface area contributed by atoms with Crippen molar-refractivity contribution in [1.82, 2.24) is 15.6 Å². The molecule has 1 aromatic rings. The van der Waals surface area contributed by atoms with Crippen LogP contribution in [0.5, 0.6) is 0 Å². The maximum Gasteiger partial charge on any atom is 0.271 e. The minimum Gasteiger partial charge on any atom is -0.354 e. The first-order chi connectivity index (χ1) is 9.20. The molecule has 0 radical (unpaired) electrons. The van der Waals surface area contributed by atoms with Crippen molar-refractivity contribution in [2.75, 3.05) is 13.1 Å². The number of nitrogens with zero attached hydrogens (tertiary/aromatic N) is 1. The molecule has 0 aliphatic carbocycles. The summed E-state index contributed by atoms with van der Waals surface area (Å²) in [4.78, 5) is 27.2. The normalized spacial score (nSPS) is 17.3. The first kappa shape index (κ1) is 13.1. The van der Waals surface area contributed by atoms with Crippen molar-refractivity contribution in [2.45, 2.75) is 12.5 Å². The predicted octanol–water partition coefficient (Wildman–Crippen LogP) is -0.990. The maximum absolute atomic E-state index is 12.1. The minimum absolute atomic E-state index is 0.0607. The highest BCUT2D eigenvalue weighted by Crippen LogP contribution is 2.06. The molecule has 0 aromatic carbocycles. The van der Waals surface area contributed by atoms with Gasteiger partial charge in [0.1, 0.15) is 5.69 Å². The number of nitrogens with two attached hydrogens (primary N) is 1. The van der Waals surface area contributed by atoms with Crippen LogP contribution in [0.25, 0.3) is 0 Å². The van der Waals surface area contributed by atoms with Gasteiger partial charge in [0.25, 0.3) is 5.91 Å². The molecule has 2 heterocycles. The average Bonchev–Trinajstić information content (AvgIpc) is 2.82. The molecular weight excluding hydrogens is 244 g/mol. The molecule has 1 aromatic heterocycles. The lowest BCUT2D eigenvalue weighted by atomic mass is 10.1. The number of pyridine rings is 1. The van der Waals surface area contributed by atoms with Crippen LogP contribution in [0.15, 0.2) is 18.3 Å². The standard InChI is InChI=1S/C13H14N4O2/c14-5-1-3-9-4-2-6-15-12(9)13(19)17-10-7-11(18)16-8-10/h2,4,6,10H,5,7-8,14H2,(H,16,18)(H,17,19). The molecular formula is C13H14N4O2. The molecule has 0 bridgehead atoms. The molecule has 6 nitrogen and oxygen atoms in total. The van der Waals surface area contributed by atoms with Crippen molar-refractivity contribution < 1.29 is 9.59 Å². The van der Waals surface area contributed by atoms with E-state index in [-0.39, 0.29) is 30.1 Å². The van der Waals surface area contributed by atoms with Crippen LogP contribution in [-0.4, -0.2) is 35.9 Å². The summed E-state index contributed by atoms with van der Waals surface area (Å²) in [5.41, 5.74) is 6.09. The Kier molecular flexibility index (Phi) is 4.11. The van der Waals surface area contributed by atoms with Gasteiger partial charge in [-0.05, 0) is 12.1 Å². The molecule has 0 spiro atoms. The first-order valence-corrected chi connectivity index (χ1v) is 5.92. The molecule has 1 fully saturated rings. The molecule has 1 unspecified atom stereocenters. The monoisotopic (exact) mass is 258 g/mol. The molecule has 2 amide bonds. The van der Waals surface area contributed by atoms with Crippen LogP contribution in [0.2, 0.25) is 0 Å². The van der Waals surface area contributed by atoms with Gasteiger partial charge in [-0.1, -0.05) is 11.8 Å². The van der Waals surface area contributed by atoms with Gasteiger partial charge in [-0.3, -0.25) is 9.59 Å². The average molecular weight is 258 g/mol. The fourth-order valence-electron chi connectivity index (χ4n) is 1.79. The Hall–Kier alpha value is -2.39. The summed E-state index contributed by atoms with van der Waals surface area (Å²) in [5, 5.41) is 5.42. The summed E-state index contributed by atoms with van der Waals surface area (Å²) >= 11 is 0. The van der Waals surface area contributed by atoms with Gasteiger partial charge in [-0.15, -0.1) is 0 Å². The number of nitrogens with one attached hydrogen (secondary N) is 2. The van der Waals surface area contributed by atoms with Crippen molar-refractivity contribution in [3.63, 3.8) is 0 Å². The number of hydrogen-bond donors (Lipinski definition) is 3. The predicted molar refractivity (Wildman–Crippen MR) is 69.1 cm³/mol. The van der Waals surface area contributed by atoms with Crippen molar-refractivity contribution in [1.29, 1.82) is 0 Å². The van der Waals surface area contributed by atoms with Crippen LogP contribution in [0, 0.1) is 11.8 Å². The summed E-state index contributed by atoms with van der Waals surface area (Å²) in [6.07, 6.45) is 1.82. The molecule has 4 N–H and O–H groups in total. The van der Waals surface area contributed by atoms with Crippen molar-refractivity contribution in [3.8, 4) is 11.8 Å². The van der Waals surface area contributed by atoms with Gasteiger partial charge in [-0.2, -0.15) is 0 Å². The third kappa shape index (κ3) is 3.30. The third-order valence-electron chi connectivity index (χ3n) is 2.66. The van der Waals surface area contributed by atoms with Gasteiger partial charge in [0, 0.05) is 19.2 Å². The largest absolute Gasteiger partial charge is 0.354 e. The van der Waals surface area contributed by atoms with E-state index in [4.69, 9.17) is 5.73 Å². The molecule has 1 aliphatic heterocycles. The molecule has 19 heavy (non-hydrogen) atoms. The van der Waals surface area contributed by atoms with Crippen molar-refractivity contribution >= 4 is 11.8 Å². The smallest absolute Gasteiger partial charge is 0.271 e. The van der Waals surface area contributed by atoms with Crippen LogP contribution in [0.3, 0.4) is 0 Å². The van der Waals surface area contributed by atoms with Crippen LogP contribution >= 0.6 is 0 Å². The highest BCUT2D eigenvalue weighted by Gasteiger charge is 2.24. The Labute approximate surface area is 110 Å². The molecule has 6 heteroatoms. The molecule has 1 saturated heterocycles. The highest BCUT2D eigenvalue weighted by molar-refractivity contribution is 5.95. The quantitative estimate of drug-likeness (QED) is 0.593. The second-order valence-electron chi connectivity index (χ2n) is 4.08. The van der Waals surface area contributed by atoms with E-state index >= 15 is 0 Å². The number of aromatic nitrogens is 1. The maximum atomic E-state index is 12.1. The van der Waals surface area contributed by atoms with E-state index in [0.717, 1.165) is 0 Å². The first-order valence-electron chi connectivity index (χ1n) is 5.92. The van der Waals surface area contributed by atoms with E-state index in [1.165, 1.54) is 6.20 Å². The lowest BCUT2D eigenvalue weighted by Gasteiger charge is -2.10. The number of carbonyl (C=O) groups excluding carboxylic acids is 2. The Balaban J connectivity index is 2.12. The van der Waals surface area contributed by atoms with Crippen LogP contribution in [0.4, 0.5) is 0 Å². The second kappa shape index (κ2) is 5.98. The summed E-state index contributed by atoms with van der Waals surface area (Å²) in [7, 11) is 0. The van der Waals surface area contributed by atoms with E-state index in [1.54, 1.807) is 12.1 Å². The zero-order valence-electron chi connectivity index (χ0n) is 10.3. The SMILES string of the molecule is NCC#Cc1cccnc1C(=O)NC1CNC(=O)C1. The number of rotatable bonds is 2. The van der Waals surface area contributed by atoms with Gasteiger partial charge in [0.2, 0.25) is 5.91 Å². The van der Waals surface area contributed by atoms with Gasteiger partial charge in [-0.25, -0.2) is 4.98 Å². The van der Waals surface area contributed by atoms with Crippen molar-refractivity contribution in [2.24, 2.45) is 5.73 Å². The molecule has 1 atom stereocenters. The molecule has 1 aliphatic rings. The zero-order chi connectivity index (χ0) is 13.7. The zero-order valence-corrected chi connectivity index (χ0v) is 10.3. The highest BCUT2D eigenvalue weighted by atomic mass is 16.2. The van der Waals surface area contributed by atoms with Gasteiger partial charge >= 0.3 is 0 Å². The van der Waals surface area contributed by atoms with E-state index in [2.05, 4.69) is 27.5 Å². The van der Waals surface area contributed by atoms with Gasteiger partial charge < -0.3 is 16.4 Å². The van der Waals surface area contributed by atoms with E-state index in [0.29, 0.717) is 18.5 Å². The fraction of sp³-hybridized carbons (Fsp3) is 0.308. The summed E-state index contributed by atoms with van der Waals surface area (Å²) in [6.45, 7) is 0.665. The Morgan fingerprint density at radius 1 is 1.63 bits per heavy atom. The van der Waals surface area contributed by atoms with Crippen LogP contribution < -0.4 is 16.4 Å². The molecule has 98 valence electrons. The third-order valence-corrected chi connectivity index (χ3v) is 2.66. The van der Waals surface area contributed by atoms with Crippen LogP contribution in [0.1, 0.15) is 22.5 Å². The van der Waals surface area contributed by atoms with Crippen molar-refractivity contribution in [3.05, 3.63) is 29.6 Å². The van der Waals surface area contributed by atoms with Crippen LogP contribution in [-0.2, 0) is 4.79 Å². The number of carbonyl (C=O) groups is 2. The Bertz CT molecular complexity index is 559. The summed E-state index contributed by atoms with van der Waals surface area (Å²) < 4.78 is 0. The van der Waals surface area contributed by atoms with Gasteiger partial charge in [0.15, 0.2) is 0 Å². The summed E-state index contributed by atoms with van der Waals surface area (Å²) in [5.74, 6) is 5.11. The number of hydrogen-bond acceptors (Lipinski definition) is 4. The van der Waals surface area contributed by atoms with Gasteiger partial charge in [0.05, 0.1) is 18.2 Å². The fourth-order valence-corrected chi connectivity index (χ4v) is 1.79. The number of amides is 2. The van der Waals surface area contributed by atoms with E-state index in [1.807, 2.05) is 0 Å². The lowest BCUT2D eigenvalue weighted by molar-refractivity contribution is -0.119. The lowest BCUT2D eigenvalue weighted by Crippen LogP contribution is -2.37. The Morgan fingerprint density at radius 3 is 3.16 bits per heavy atom. The van der Waals surface area contributed by atoms with E-state index < -0.39 is 0 Å². The van der Waals surface area contributed by atoms with E-state index in [9.17, 15) is 9.59 Å². The second-order valence-corrected chi connectivity index (χ2v) is 4.08. The molecule has 2 rings (SSSR count). The Morgan fingerprint density at radius 2 is 2.47 bits per heavy atom. The minimum atomic E-state index is -0.330. The topological polar surface area (TPSA) is 97.1 Å².